The Hall–Kier alpha value is -0.540. The molecule has 0 spiro atoms. The fraction of sp³-hybridized carbons (Fsp3) is 0.625. The SMILES string of the molecule is CCCCCN(c1ccc([C@H](C)N)cc1Br)C(C)C. The first-order valence-electron chi connectivity index (χ1n) is 7.29. The fourth-order valence-corrected chi connectivity index (χ4v) is 2.85. The van der Waals surface area contributed by atoms with Crippen molar-refractivity contribution < 1.29 is 0 Å². The molecule has 1 atom stereocenters. The summed E-state index contributed by atoms with van der Waals surface area (Å²) in [6, 6.07) is 7.07. The first kappa shape index (κ1) is 16.5. The first-order valence-corrected chi connectivity index (χ1v) is 8.08. The molecule has 1 aromatic carbocycles. The van der Waals surface area contributed by atoms with E-state index >= 15 is 0 Å². The molecule has 0 radical (unpaired) electrons. The van der Waals surface area contributed by atoms with Gasteiger partial charge >= 0.3 is 0 Å². The summed E-state index contributed by atoms with van der Waals surface area (Å²) in [6.07, 6.45) is 3.80. The van der Waals surface area contributed by atoms with Crippen molar-refractivity contribution in [3.63, 3.8) is 0 Å². The number of rotatable bonds is 7. The molecule has 0 heterocycles. The maximum atomic E-state index is 5.93. The Morgan fingerprint density at radius 1 is 1.21 bits per heavy atom. The largest absolute Gasteiger partial charge is 0.368 e. The number of anilines is 1. The topological polar surface area (TPSA) is 29.3 Å². The Morgan fingerprint density at radius 2 is 1.89 bits per heavy atom. The highest BCUT2D eigenvalue weighted by molar-refractivity contribution is 9.10. The lowest BCUT2D eigenvalue weighted by molar-refractivity contribution is 0.625. The van der Waals surface area contributed by atoms with Gasteiger partial charge in [-0.2, -0.15) is 0 Å². The van der Waals surface area contributed by atoms with Crippen molar-refractivity contribution in [2.45, 2.75) is 59.0 Å². The molecule has 0 amide bonds. The third kappa shape index (κ3) is 4.81. The standard InChI is InChI=1S/C16H27BrN2/c1-5-6-7-10-19(12(2)3)16-9-8-14(13(4)18)11-15(16)17/h8-9,11-13H,5-7,10,18H2,1-4H3/t13-/m0/s1. The molecule has 0 saturated carbocycles. The zero-order valence-electron chi connectivity index (χ0n) is 12.6. The van der Waals surface area contributed by atoms with E-state index < -0.39 is 0 Å². The van der Waals surface area contributed by atoms with Crippen molar-refractivity contribution in [2.24, 2.45) is 5.73 Å². The molecule has 0 aliphatic heterocycles. The molecule has 3 heteroatoms. The molecule has 19 heavy (non-hydrogen) atoms. The second-order valence-corrected chi connectivity index (χ2v) is 6.35. The van der Waals surface area contributed by atoms with E-state index in [9.17, 15) is 0 Å². The Bertz CT molecular complexity index is 388. The third-order valence-electron chi connectivity index (χ3n) is 3.43. The first-order chi connectivity index (χ1) is 8.97. The van der Waals surface area contributed by atoms with Gasteiger partial charge in [0, 0.05) is 23.1 Å². The molecule has 2 N–H and O–H groups in total. The van der Waals surface area contributed by atoms with Crippen LogP contribution in [0, 0.1) is 0 Å². The van der Waals surface area contributed by atoms with E-state index in [0.29, 0.717) is 6.04 Å². The van der Waals surface area contributed by atoms with Gasteiger partial charge in [0.1, 0.15) is 0 Å². The van der Waals surface area contributed by atoms with Crippen molar-refractivity contribution in [3.05, 3.63) is 28.2 Å². The quantitative estimate of drug-likeness (QED) is 0.724. The zero-order valence-corrected chi connectivity index (χ0v) is 14.2. The molecule has 0 unspecified atom stereocenters. The number of halogens is 1. The van der Waals surface area contributed by atoms with Crippen molar-refractivity contribution in [3.8, 4) is 0 Å². The molecule has 108 valence electrons. The highest BCUT2D eigenvalue weighted by atomic mass is 79.9. The Labute approximate surface area is 126 Å². The van der Waals surface area contributed by atoms with Crippen molar-refractivity contribution >= 4 is 21.6 Å². The predicted molar refractivity (Wildman–Crippen MR) is 88.8 cm³/mol. The highest BCUT2D eigenvalue weighted by Gasteiger charge is 2.14. The lowest BCUT2D eigenvalue weighted by Crippen LogP contribution is -2.32. The number of unbranched alkanes of at least 4 members (excludes halogenated alkanes) is 2. The van der Waals surface area contributed by atoms with Gasteiger partial charge < -0.3 is 10.6 Å². The van der Waals surface area contributed by atoms with E-state index in [4.69, 9.17) is 5.73 Å². The van der Waals surface area contributed by atoms with E-state index in [2.05, 4.69) is 59.8 Å². The van der Waals surface area contributed by atoms with Gasteiger partial charge in [-0.15, -0.1) is 0 Å². The average molecular weight is 327 g/mol. The van der Waals surface area contributed by atoms with Gasteiger partial charge in [0.2, 0.25) is 0 Å². The van der Waals surface area contributed by atoms with Gasteiger partial charge in [-0.25, -0.2) is 0 Å². The van der Waals surface area contributed by atoms with Crippen molar-refractivity contribution in [2.75, 3.05) is 11.4 Å². The minimum atomic E-state index is 0.0814. The highest BCUT2D eigenvalue weighted by Crippen LogP contribution is 2.30. The third-order valence-corrected chi connectivity index (χ3v) is 4.07. The Morgan fingerprint density at radius 3 is 2.37 bits per heavy atom. The summed E-state index contributed by atoms with van der Waals surface area (Å²) in [7, 11) is 0. The van der Waals surface area contributed by atoms with E-state index in [1.54, 1.807) is 0 Å². The van der Waals surface area contributed by atoms with Gasteiger partial charge in [0.15, 0.2) is 0 Å². The van der Waals surface area contributed by atoms with Gasteiger partial charge in [0.05, 0.1) is 5.69 Å². The maximum absolute atomic E-state index is 5.93. The number of benzene rings is 1. The van der Waals surface area contributed by atoms with Crippen LogP contribution in [0.2, 0.25) is 0 Å². The minimum absolute atomic E-state index is 0.0814. The second kappa shape index (κ2) is 7.91. The van der Waals surface area contributed by atoms with Crippen LogP contribution in [0.3, 0.4) is 0 Å². The Balaban J connectivity index is 2.90. The lowest BCUT2D eigenvalue weighted by atomic mass is 10.1. The lowest BCUT2D eigenvalue weighted by Gasteiger charge is -2.30. The van der Waals surface area contributed by atoms with E-state index in [-0.39, 0.29) is 6.04 Å². The van der Waals surface area contributed by atoms with Crippen LogP contribution >= 0.6 is 15.9 Å². The van der Waals surface area contributed by atoms with Gasteiger partial charge in [-0.3, -0.25) is 0 Å². The second-order valence-electron chi connectivity index (χ2n) is 5.49. The molecule has 1 aromatic rings. The van der Waals surface area contributed by atoms with Crippen LogP contribution in [-0.4, -0.2) is 12.6 Å². The van der Waals surface area contributed by atoms with Crippen LogP contribution < -0.4 is 10.6 Å². The van der Waals surface area contributed by atoms with Crippen LogP contribution in [0.1, 0.15) is 58.6 Å². The van der Waals surface area contributed by atoms with E-state index in [1.807, 2.05) is 6.92 Å². The molecule has 0 aliphatic carbocycles. The summed E-state index contributed by atoms with van der Waals surface area (Å²) in [6.45, 7) is 9.87. The van der Waals surface area contributed by atoms with E-state index in [1.165, 1.54) is 30.5 Å². The monoisotopic (exact) mass is 326 g/mol. The number of nitrogens with zero attached hydrogens (tertiary/aromatic N) is 1. The van der Waals surface area contributed by atoms with Crippen LogP contribution in [0.5, 0.6) is 0 Å². The molecule has 0 aromatic heterocycles. The van der Waals surface area contributed by atoms with Gasteiger partial charge in [-0.05, 0) is 60.8 Å². The number of hydrogen-bond donors (Lipinski definition) is 1. The van der Waals surface area contributed by atoms with Gasteiger partial charge in [-0.1, -0.05) is 25.8 Å². The van der Waals surface area contributed by atoms with Crippen LogP contribution in [0.15, 0.2) is 22.7 Å². The summed E-state index contributed by atoms with van der Waals surface area (Å²) in [5, 5.41) is 0. The summed E-state index contributed by atoms with van der Waals surface area (Å²) in [5.41, 5.74) is 8.38. The maximum Gasteiger partial charge on any atom is 0.0513 e. The number of hydrogen-bond acceptors (Lipinski definition) is 2. The van der Waals surface area contributed by atoms with Crippen LogP contribution in [0.4, 0.5) is 5.69 Å². The molecule has 0 fully saturated rings. The molecular formula is C16H27BrN2. The molecule has 1 rings (SSSR count). The molecule has 0 saturated heterocycles. The molecule has 2 nitrogen and oxygen atoms in total. The van der Waals surface area contributed by atoms with Crippen molar-refractivity contribution in [1.82, 2.24) is 0 Å². The minimum Gasteiger partial charge on any atom is -0.368 e. The molecule has 0 bridgehead atoms. The van der Waals surface area contributed by atoms with Crippen molar-refractivity contribution in [1.29, 1.82) is 0 Å². The van der Waals surface area contributed by atoms with E-state index in [0.717, 1.165) is 11.0 Å². The van der Waals surface area contributed by atoms with Crippen LogP contribution in [-0.2, 0) is 0 Å². The Kier molecular flexibility index (Phi) is 6.87. The van der Waals surface area contributed by atoms with Crippen LogP contribution in [0.25, 0.3) is 0 Å². The normalized spacial score (nSPS) is 12.8. The summed E-state index contributed by atoms with van der Waals surface area (Å²) in [5.74, 6) is 0. The summed E-state index contributed by atoms with van der Waals surface area (Å²) in [4.78, 5) is 2.46. The smallest absolute Gasteiger partial charge is 0.0513 e. The summed E-state index contributed by atoms with van der Waals surface area (Å²) >= 11 is 3.70. The molecule has 0 aliphatic rings. The zero-order chi connectivity index (χ0) is 14.4. The summed E-state index contributed by atoms with van der Waals surface area (Å²) < 4.78 is 1.15. The molecular weight excluding hydrogens is 300 g/mol. The average Bonchev–Trinajstić information content (AvgIpc) is 2.35. The fourth-order valence-electron chi connectivity index (χ4n) is 2.23. The number of nitrogens with two attached hydrogens (primary N) is 1. The van der Waals surface area contributed by atoms with Gasteiger partial charge in [0.25, 0.3) is 0 Å². The predicted octanol–water partition coefficient (Wildman–Crippen LogP) is 4.87.